The SMILES string of the molecule is CC1=CCN(C(=O)C(Cc2ccc3onc(N)c3c2)NS(=O)(=O)c2ccc3c(c2)CN(C)CC3)C(C(=O)O)C1. The molecule has 2 atom stereocenters. The summed E-state index contributed by atoms with van der Waals surface area (Å²) in [5, 5.41) is 14.1. The summed E-state index contributed by atoms with van der Waals surface area (Å²) < 4.78 is 35.0. The second-order valence-corrected chi connectivity index (χ2v) is 12.0. The van der Waals surface area contributed by atoms with Gasteiger partial charge in [0.25, 0.3) is 0 Å². The summed E-state index contributed by atoms with van der Waals surface area (Å²) in [5.74, 6) is -1.59. The number of nitrogens with zero attached hydrogens (tertiary/aromatic N) is 3. The molecule has 0 aliphatic carbocycles. The summed E-state index contributed by atoms with van der Waals surface area (Å²) in [6, 6.07) is 7.69. The minimum Gasteiger partial charge on any atom is -0.480 e. The highest BCUT2D eigenvalue weighted by molar-refractivity contribution is 7.89. The van der Waals surface area contributed by atoms with Crippen molar-refractivity contribution in [2.75, 3.05) is 25.9 Å². The van der Waals surface area contributed by atoms with Gasteiger partial charge in [-0.2, -0.15) is 4.72 Å². The molecule has 0 spiro atoms. The normalized spacial score (nSPS) is 19.0. The number of aliphatic carboxylic acids is 1. The second-order valence-electron chi connectivity index (χ2n) is 10.3. The summed E-state index contributed by atoms with van der Waals surface area (Å²) in [5.41, 5.74) is 9.84. The lowest BCUT2D eigenvalue weighted by Gasteiger charge is -2.34. The summed E-state index contributed by atoms with van der Waals surface area (Å²) in [6.07, 6.45) is 2.75. The van der Waals surface area contributed by atoms with Crippen LogP contribution < -0.4 is 10.5 Å². The molecule has 39 heavy (non-hydrogen) atoms. The number of fused-ring (bicyclic) bond motifs is 2. The molecule has 5 rings (SSSR count). The molecule has 0 fully saturated rings. The number of carbonyl (C=O) groups is 2. The minimum absolute atomic E-state index is 0.0299. The van der Waals surface area contributed by atoms with Crippen LogP contribution in [0.2, 0.25) is 0 Å². The zero-order valence-corrected chi connectivity index (χ0v) is 22.6. The lowest BCUT2D eigenvalue weighted by atomic mass is 9.98. The van der Waals surface area contributed by atoms with Gasteiger partial charge in [0.1, 0.15) is 12.1 Å². The van der Waals surface area contributed by atoms with Crippen molar-refractivity contribution >= 4 is 38.7 Å². The average Bonchev–Trinajstić information content (AvgIpc) is 3.27. The zero-order chi connectivity index (χ0) is 27.9. The van der Waals surface area contributed by atoms with Crippen LogP contribution in [-0.2, 0) is 39.0 Å². The number of benzene rings is 2. The quantitative estimate of drug-likeness (QED) is 0.372. The largest absolute Gasteiger partial charge is 0.480 e. The van der Waals surface area contributed by atoms with E-state index >= 15 is 0 Å². The molecular weight excluding hydrogens is 522 g/mol. The number of nitrogens with one attached hydrogen (secondary N) is 1. The number of carboxylic acid groups (broad SMARTS) is 1. The van der Waals surface area contributed by atoms with Gasteiger partial charge in [-0.3, -0.25) is 4.79 Å². The van der Waals surface area contributed by atoms with Crippen molar-refractivity contribution in [1.29, 1.82) is 0 Å². The maximum absolute atomic E-state index is 13.8. The Morgan fingerprint density at radius 3 is 2.79 bits per heavy atom. The van der Waals surface area contributed by atoms with Gasteiger partial charge >= 0.3 is 5.97 Å². The van der Waals surface area contributed by atoms with Crippen molar-refractivity contribution in [2.45, 2.75) is 49.7 Å². The first-order valence-corrected chi connectivity index (χ1v) is 14.2. The fourth-order valence-corrected chi connectivity index (χ4v) is 6.43. The van der Waals surface area contributed by atoms with Crippen LogP contribution in [0.3, 0.4) is 0 Å². The molecular formula is C27H31N5O6S. The van der Waals surface area contributed by atoms with Gasteiger partial charge in [-0.25, -0.2) is 13.2 Å². The number of anilines is 1. The Labute approximate surface area is 226 Å². The summed E-state index contributed by atoms with van der Waals surface area (Å²) >= 11 is 0. The molecule has 2 aromatic carbocycles. The van der Waals surface area contributed by atoms with Gasteiger partial charge in [0, 0.05) is 19.6 Å². The van der Waals surface area contributed by atoms with Crippen LogP contribution in [0.4, 0.5) is 5.82 Å². The lowest BCUT2D eigenvalue weighted by Crippen LogP contribution is -2.55. The Balaban J connectivity index is 1.49. The molecule has 0 bridgehead atoms. The van der Waals surface area contributed by atoms with Crippen molar-refractivity contribution in [1.82, 2.24) is 19.7 Å². The van der Waals surface area contributed by atoms with E-state index in [1.165, 1.54) is 4.90 Å². The number of sulfonamides is 1. The molecule has 2 aliphatic heterocycles. The van der Waals surface area contributed by atoms with Crippen LogP contribution in [0.25, 0.3) is 11.0 Å². The molecule has 3 heterocycles. The number of hydrogen-bond donors (Lipinski definition) is 3. The third-order valence-corrected chi connectivity index (χ3v) is 8.85. The summed E-state index contributed by atoms with van der Waals surface area (Å²) in [6.45, 7) is 3.40. The van der Waals surface area contributed by atoms with Crippen molar-refractivity contribution in [3.05, 3.63) is 64.7 Å². The highest BCUT2D eigenvalue weighted by Crippen LogP contribution is 2.26. The number of rotatable bonds is 7. The smallest absolute Gasteiger partial charge is 0.326 e. The van der Waals surface area contributed by atoms with Crippen molar-refractivity contribution in [3.8, 4) is 0 Å². The molecule has 0 saturated carbocycles. The molecule has 0 radical (unpaired) electrons. The number of nitrogens with two attached hydrogens (primary N) is 1. The van der Waals surface area contributed by atoms with E-state index in [0.717, 1.165) is 29.7 Å². The van der Waals surface area contributed by atoms with E-state index in [-0.39, 0.29) is 30.1 Å². The monoisotopic (exact) mass is 553 g/mol. The number of carboxylic acids is 1. The maximum Gasteiger partial charge on any atom is 0.326 e. The zero-order valence-electron chi connectivity index (χ0n) is 21.8. The van der Waals surface area contributed by atoms with Crippen molar-refractivity contribution in [3.63, 3.8) is 0 Å². The van der Waals surface area contributed by atoms with Crippen LogP contribution in [0.5, 0.6) is 0 Å². The fourth-order valence-electron chi connectivity index (χ4n) is 5.19. The van der Waals surface area contributed by atoms with Gasteiger partial charge < -0.3 is 25.2 Å². The number of nitrogen functional groups attached to an aromatic ring is 1. The summed E-state index contributed by atoms with van der Waals surface area (Å²) in [4.78, 5) is 29.2. The Bertz CT molecular complexity index is 1580. The molecule has 206 valence electrons. The number of hydrogen-bond acceptors (Lipinski definition) is 8. The predicted octanol–water partition coefficient (Wildman–Crippen LogP) is 1.92. The molecule has 3 aromatic rings. The molecule has 2 unspecified atom stereocenters. The van der Waals surface area contributed by atoms with E-state index in [2.05, 4.69) is 14.8 Å². The van der Waals surface area contributed by atoms with E-state index in [1.54, 1.807) is 36.4 Å². The Morgan fingerprint density at radius 1 is 1.23 bits per heavy atom. The lowest BCUT2D eigenvalue weighted by molar-refractivity contribution is -0.150. The molecule has 4 N–H and O–H groups in total. The van der Waals surface area contributed by atoms with Crippen molar-refractivity contribution in [2.24, 2.45) is 0 Å². The van der Waals surface area contributed by atoms with Gasteiger partial charge in [-0.05, 0) is 74.2 Å². The van der Waals surface area contributed by atoms with Gasteiger partial charge in [0.05, 0.1) is 10.3 Å². The first-order chi connectivity index (χ1) is 18.5. The first-order valence-electron chi connectivity index (χ1n) is 12.7. The summed E-state index contributed by atoms with van der Waals surface area (Å²) in [7, 11) is -2.16. The average molecular weight is 554 g/mol. The number of amides is 1. The van der Waals surface area contributed by atoms with Gasteiger partial charge in [0.15, 0.2) is 11.4 Å². The van der Waals surface area contributed by atoms with Crippen LogP contribution in [0, 0.1) is 0 Å². The van der Waals surface area contributed by atoms with Crippen molar-refractivity contribution < 1.29 is 27.6 Å². The van der Waals surface area contributed by atoms with Crippen LogP contribution in [0.1, 0.15) is 30.0 Å². The fraction of sp³-hybridized carbons (Fsp3) is 0.370. The highest BCUT2D eigenvalue weighted by Gasteiger charge is 2.37. The van der Waals surface area contributed by atoms with E-state index in [0.29, 0.717) is 23.1 Å². The predicted molar refractivity (Wildman–Crippen MR) is 144 cm³/mol. The van der Waals surface area contributed by atoms with Crippen LogP contribution >= 0.6 is 0 Å². The first kappa shape index (κ1) is 26.9. The van der Waals surface area contributed by atoms with E-state index in [4.69, 9.17) is 10.3 Å². The highest BCUT2D eigenvalue weighted by atomic mass is 32.2. The van der Waals surface area contributed by atoms with Crippen LogP contribution in [0.15, 0.2) is 57.5 Å². The molecule has 2 aliphatic rings. The van der Waals surface area contributed by atoms with Gasteiger partial charge in [-0.15, -0.1) is 0 Å². The minimum atomic E-state index is -4.14. The molecule has 1 amide bonds. The molecule has 1 aromatic heterocycles. The van der Waals surface area contributed by atoms with Gasteiger partial charge in [-0.1, -0.05) is 28.9 Å². The Morgan fingerprint density at radius 2 is 2.03 bits per heavy atom. The number of aromatic nitrogens is 1. The van der Waals surface area contributed by atoms with E-state index < -0.39 is 34.0 Å². The number of likely N-dealkylation sites (N-methyl/N-ethyl adjacent to an activating group) is 1. The molecule has 12 heteroatoms. The van der Waals surface area contributed by atoms with E-state index in [9.17, 15) is 23.1 Å². The maximum atomic E-state index is 13.8. The third-order valence-electron chi connectivity index (χ3n) is 7.38. The van der Waals surface area contributed by atoms with Gasteiger partial charge in [0.2, 0.25) is 15.9 Å². The Kier molecular flexibility index (Phi) is 7.19. The topological polar surface area (TPSA) is 159 Å². The number of carbonyl (C=O) groups excluding carboxylic acids is 1. The van der Waals surface area contributed by atoms with Crippen LogP contribution in [-0.4, -0.2) is 72.6 Å². The third kappa shape index (κ3) is 5.54. The molecule has 0 saturated heterocycles. The standard InChI is InChI=1S/C27H31N5O6S/c1-16-7-10-32(23(11-16)27(34)35)26(33)22(13-17-3-6-24-21(12-17)25(28)29-38-24)30-39(36,37)20-5-4-18-8-9-31(2)15-19(18)14-20/h3-7,12,14,22-23,30H,8-11,13,15H2,1-2H3,(H2,28,29)(H,34,35). The second kappa shape index (κ2) is 10.4. The van der Waals surface area contributed by atoms with E-state index in [1.807, 2.05) is 20.0 Å². The Hall–Kier alpha value is -3.74. The molecule has 11 nitrogen and oxygen atoms in total.